The van der Waals surface area contributed by atoms with E-state index in [0.717, 1.165) is 4.90 Å². The third-order valence-corrected chi connectivity index (χ3v) is 3.47. The average Bonchev–Trinajstić information content (AvgIpc) is 2.64. The molecule has 4 amide bonds. The number of rotatable bonds is 3. The summed E-state index contributed by atoms with van der Waals surface area (Å²) >= 11 is 0. The third kappa shape index (κ3) is 4.23. The summed E-state index contributed by atoms with van der Waals surface area (Å²) in [6.07, 6.45) is 0. The van der Waals surface area contributed by atoms with Crippen LogP contribution in [0.15, 0.2) is 91.0 Å². The minimum absolute atomic E-state index is 0.476. The van der Waals surface area contributed by atoms with Gasteiger partial charge < -0.3 is 10.6 Å². The molecule has 5 heteroatoms. The van der Waals surface area contributed by atoms with E-state index in [0.29, 0.717) is 17.1 Å². The molecule has 0 atom stereocenters. The van der Waals surface area contributed by atoms with Gasteiger partial charge in [0.1, 0.15) is 0 Å². The molecule has 2 N–H and O–H groups in total. The number of anilines is 3. The Bertz CT molecular complexity index is 783. The Morgan fingerprint density at radius 2 is 0.920 bits per heavy atom. The van der Waals surface area contributed by atoms with Crippen molar-refractivity contribution in [1.82, 2.24) is 0 Å². The fourth-order valence-electron chi connectivity index (χ4n) is 2.31. The summed E-state index contributed by atoms with van der Waals surface area (Å²) in [4.78, 5) is 26.5. The van der Waals surface area contributed by atoms with Crippen LogP contribution in [0.4, 0.5) is 26.7 Å². The predicted molar refractivity (Wildman–Crippen MR) is 99.8 cm³/mol. The zero-order valence-corrected chi connectivity index (χ0v) is 13.4. The maximum Gasteiger partial charge on any atom is 0.334 e. The molecular formula is C20H17N3O2. The first-order valence-electron chi connectivity index (χ1n) is 7.81. The van der Waals surface area contributed by atoms with Crippen LogP contribution < -0.4 is 15.5 Å². The molecule has 0 radical (unpaired) electrons. The number of carbonyl (C=O) groups excluding carboxylic acids is 2. The van der Waals surface area contributed by atoms with Gasteiger partial charge in [-0.15, -0.1) is 0 Å². The van der Waals surface area contributed by atoms with Crippen LogP contribution in [0.3, 0.4) is 0 Å². The van der Waals surface area contributed by atoms with Gasteiger partial charge in [-0.1, -0.05) is 54.6 Å². The minimum Gasteiger partial charge on any atom is -0.307 e. The highest BCUT2D eigenvalue weighted by molar-refractivity contribution is 6.21. The molecule has 3 rings (SSSR count). The molecule has 0 aromatic heterocycles. The number of imide groups is 1. The Morgan fingerprint density at radius 1 is 0.560 bits per heavy atom. The van der Waals surface area contributed by atoms with E-state index >= 15 is 0 Å². The second-order valence-corrected chi connectivity index (χ2v) is 5.26. The van der Waals surface area contributed by atoms with Crippen molar-refractivity contribution in [2.24, 2.45) is 0 Å². The van der Waals surface area contributed by atoms with Crippen molar-refractivity contribution in [1.29, 1.82) is 0 Å². The van der Waals surface area contributed by atoms with Crippen molar-refractivity contribution in [3.8, 4) is 0 Å². The van der Waals surface area contributed by atoms with Gasteiger partial charge in [0.25, 0.3) is 0 Å². The molecule has 0 heterocycles. The summed E-state index contributed by atoms with van der Waals surface area (Å²) in [5.74, 6) is 0. The Balaban J connectivity index is 1.85. The fraction of sp³-hybridized carbons (Fsp3) is 0. The zero-order chi connectivity index (χ0) is 17.5. The summed E-state index contributed by atoms with van der Waals surface area (Å²) in [6.45, 7) is 0. The Hall–Kier alpha value is -3.60. The topological polar surface area (TPSA) is 61.4 Å². The third-order valence-electron chi connectivity index (χ3n) is 3.47. The van der Waals surface area contributed by atoms with E-state index < -0.39 is 12.1 Å². The molecule has 0 spiro atoms. The molecule has 25 heavy (non-hydrogen) atoms. The van der Waals surface area contributed by atoms with Crippen molar-refractivity contribution in [2.45, 2.75) is 0 Å². The van der Waals surface area contributed by atoms with Gasteiger partial charge in [-0.3, -0.25) is 0 Å². The standard InChI is InChI=1S/C20H17N3O2/c24-19(21-16-10-4-1-5-11-16)23(18-14-8-3-9-15-18)20(25)22-17-12-6-2-7-13-17/h1-15H,(H,21,24)(H,22,25). The largest absolute Gasteiger partial charge is 0.334 e. The summed E-state index contributed by atoms with van der Waals surface area (Å²) < 4.78 is 0. The lowest BCUT2D eigenvalue weighted by Crippen LogP contribution is -2.42. The van der Waals surface area contributed by atoms with E-state index in [4.69, 9.17) is 0 Å². The number of hydrogen-bond donors (Lipinski definition) is 2. The van der Waals surface area contributed by atoms with Crippen LogP contribution in [0.2, 0.25) is 0 Å². The monoisotopic (exact) mass is 331 g/mol. The summed E-state index contributed by atoms with van der Waals surface area (Å²) in [5, 5.41) is 5.47. The number of benzene rings is 3. The van der Waals surface area contributed by atoms with E-state index in [-0.39, 0.29) is 0 Å². The van der Waals surface area contributed by atoms with Crippen molar-refractivity contribution in [3.63, 3.8) is 0 Å². The molecule has 3 aromatic carbocycles. The molecule has 3 aromatic rings. The molecule has 0 aliphatic carbocycles. The Labute approximate surface area is 145 Å². The van der Waals surface area contributed by atoms with Crippen molar-refractivity contribution >= 4 is 29.1 Å². The second-order valence-electron chi connectivity index (χ2n) is 5.26. The van der Waals surface area contributed by atoms with Crippen LogP contribution in [-0.4, -0.2) is 12.1 Å². The lowest BCUT2D eigenvalue weighted by molar-refractivity contribution is 0.246. The Kier molecular flexibility index (Phi) is 5.07. The number of hydrogen-bond acceptors (Lipinski definition) is 2. The van der Waals surface area contributed by atoms with Gasteiger partial charge in [0.05, 0.1) is 5.69 Å². The Morgan fingerprint density at radius 3 is 1.32 bits per heavy atom. The van der Waals surface area contributed by atoms with Crippen LogP contribution in [0, 0.1) is 0 Å². The highest BCUT2D eigenvalue weighted by Gasteiger charge is 2.23. The number of urea groups is 2. The normalized spacial score (nSPS) is 9.92. The first-order valence-corrected chi connectivity index (χ1v) is 7.81. The van der Waals surface area contributed by atoms with Gasteiger partial charge in [0.2, 0.25) is 0 Å². The fourth-order valence-corrected chi connectivity index (χ4v) is 2.31. The van der Waals surface area contributed by atoms with Crippen molar-refractivity contribution < 1.29 is 9.59 Å². The van der Waals surface area contributed by atoms with Gasteiger partial charge in [-0.2, -0.15) is 0 Å². The number of carbonyl (C=O) groups is 2. The molecule has 0 saturated carbocycles. The smallest absolute Gasteiger partial charge is 0.307 e. The highest BCUT2D eigenvalue weighted by atomic mass is 16.2. The molecule has 0 saturated heterocycles. The maximum absolute atomic E-state index is 12.7. The van der Waals surface area contributed by atoms with E-state index in [1.807, 2.05) is 42.5 Å². The molecule has 0 unspecified atom stereocenters. The van der Waals surface area contributed by atoms with E-state index in [1.54, 1.807) is 48.5 Å². The second kappa shape index (κ2) is 7.79. The summed E-state index contributed by atoms with van der Waals surface area (Å²) in [6, 6.07) is 25.7. The van der Waals surface area contributed by atoms with E-state index in [2.05, 4.69) is 10.6 Å². The quantitative estimate of drug-likeness (QED) is 0.713. The van der Waals surface area contributed by atoms with Gasteiger partial charge >= 0.3 is 12.1 Å². The summed E-state index contributed by atoms with van der Waals surface area (Å²) in [5.41, 5.74) is 1.70. The van der Waals surface area contributed by atoms with Crippen LogP contribution >= 0.6 is 0 Å². The van der Waals surface area contributed by atoms with E-state index in [9.17, 15) is 9.59 Å². The van der Waals surface area contributed by atoms with E-state index in [1.165, 1.54) is 0 Å². The average molecular weight is 331 g/mol. The first-order chi connectivity index (χ1) is 12.2. The van der Waals surface area contributed by atoms with Gasteiger partial charge in [0.15, 0.2) is 0 Å². The molecule has 124 valence electrons. The zero-order valence-electron chi connectivity index (χ0n) is 13.4. The minimum atomic E-state index is -0.536. The number of nitrogens with one attached hydrogen (secondary N) is 2. The predicted octanol–water partition coefficient (Wildman–Crippen LogP) is 4.96. The summed E-state index contributed by atoms with van der Waals surface area (Å²) in [7, 11) is 0. The number of nitrogens with zero attached hydrogens (tertiary/aromatic N) is 1. The SMILES string of the molecule is O=C(Nc1ccccc1)N(C(=O)Nc1ccccc1)c1ccccc1. The molecule has 0 bridgehead atoms. The maximum atomic E-state index is 12.7. The molecule has 0 aliphatic rings. The van der Waals surface area contributed by atoms with Crippen molar-refractivity contribution in [3.05, 3.63) is 91.0 Å². The van der Waals surface area contributed by atoms with Crippen molar-refractivity contribution in [2.75, 3.05) is 15.5 Å². The number of amides is 4. The van der Waals surface area contributed by atoms with Crippen LogP contribution in [0.25, 0.3) is 0 Å². The van der Waals surface area contributed by atoms with Gasteiger partial charge in [0, 0.05) is 11.4 Å². The molecule has 0 aliphatic heterocycles. The molecule has 5 nitrogen and oxygen atoms in total. The van der Waals surface area contributed by atoms with Gasteiger partial charge in [-0.25, -0.2) is 14.5 Å². The molecular weight excluding hydrogens is 314 g/mol. The van der Waals surface area contributed by atoms with Crippen LogP contribution in [0.5, 0.6) is 0 Å². The lowest BCUT2D eigenvalue weighted by atomic mass is 10.3. The van der Waals surface area contributed by atoms with Crippen LogP contribution in [-0.2, 0) is 0 Å². The highest BCUT2D eigenvalue weighted by Crippen LogP contribution is 2.18. The first kappa shape index (κ1) is 16.3. The molecule has 0 fully saturated rings. The van der Waals surface area contributed by atoms with Crippen LogP contribution in [0.1, 0.15) is 0 Å². The lowest BCUT2D eigenvalue weighted by Gasteiger charge is -2.22. The number of para-hydroxylation sites is 3. The van der Waals surface area contributed by atoms with Gasteiger partial charge in [-0.05, 0) is 36.4 Å².